The Morgan fingerprint density at radius 3 is 2.80 bits per heavy atom. The Hall–Kier alpha value is -1.52. The minimum Gasteiger partial charge on any atom is -0.493 e. The van der Waals surface area contributed by atoms with Gasteiger partial charge in [0.2, 0.25) is 0 Å². The number of hydrogen-bond donors (Lipinski definition) is 2. The maximum atomic E-state index is 8.69. The van der Waals surface area contributed by atoms with Gasteiger partial charge in [0.05, 0.1) is 7.11 Å². The fraction of sp³-hybridized carbons (Fsp3) is 0.500. The van der Waals surface area contributed by atoms with Gasteiger partial charge in [0.25, 0.3) is 0 Å². The first-order chi connectivity index (χ1) is 9.81. The summed E-state index contributed by atoms with van der Waals surface area (Å²) in [5, 5.41) is 12.1. The van der Waals surface area contributed by atoms with Gasteiger partial charge in [-0.3, -0.25) is 0 Å². The molecule has 0 aliphatic heterocycles. The smallest absolute Gasteiger partial charge is 0.161 e. The molecule has 4 heteroatoms. The van der Waals surface area contributed by atoms with Crippen LogP contribution < -0.4 is 14.8 Å². The predicted octanol–water partition coefficient (Wildman–Crippen LogP) is 2.51. The lowest BCUT2D eigenvalue weighted by atomic mass is 10.2. The van der Waals surface area contributed by atoms with Crippen molar-refractivity contribution in [1.29, 1.82) is 0 Å². The van der Waals surface area contributed by atoms with Crippen molar-refractivity contribution in [2.45, 2.75) is 25.8 Å². The van der Waals surface area contributed by atoms with Gasteiger partial charge in [-0.1, -0.05) is 18.7 Å². The number of aliphatic hydroxyl groups is 1. The molecule has 0 fully saturated rings. The first-order valence-corrected chi connectivity index (χ1v) is 7.04. The minimum atomic E-state index is 0.281. The molecule has 1 aromatic rings. The fourth-order valence-electron chi connectivity index (χ4n) is 1.86. The quantitative estimate of drug-likeness (QED) is 0.483. The SMILES string of the molecule is C=CCOc1ccc(CNCCCCCO)cc1OC. The van der Waals surface area contributed by atoms with Crippen LogP contribution in [0.15, 0.2) is 30.9 Å². The molecule has 1 aromatic carbocycles. The molecular weight excluding hydrogens is 254 g/mol. The van der Waals surface area contributed by atoms with E-state index in [1.54, 1.807) is 13.2 Å². The number of benzene rings is 1. The van der Waals surface area contributed by atoms with E-state index in [2.05, 4.69) is 11.9 Å². The van der Waals surface area contributed by atoms with Crippen molar-refractivity contribution in [3.63, 3.8) is 0 Å². The Morgan fingerprint density at radius 1 is 1.25 bits per heavy atom. The first-order valence-electron chi connectivity index (χ1n) is 7.04. The van der Waals surface area contributed by atoms with Crippen molar-refractivity contribution in [1.82, 2.24) is 5.32 Å². The van der Waals surface area contributed by atoms with E-state index in [0.29, 0.717) is 6.61 Å². The molecule has 0 saturated heterocycles. The zero-order valence-corrected chi connectivity index (χ0v) is 12.2. The third kappa shape index (κ3) is 6.08. The van der Waals surface area contributed by atoms with Crippen molar-refractivity contribution in [2.75, 3.05) is 26.9 Å². The van der Waals surface area contributed by atoms with E-state index in [-0.39, 0.29) is 6.61 Å². The van der Waals surface area contributed by atoms with Crippen LogP contribution in [0.3, 0.4) is 0 Å². The molecule has 0 heterocycles. The highest BCUT2D eigenvalue weighted by molar-refractivity contribution is 5.43. The summed E-state index contributed by atoms with van der Waals surface area (Å²) in [4.78, 5) is 0. The van der Waals surface area contributed by atoms with Crippen LogP contribution in [-0.2, 0) is 6.54 Å². The van der Waals surface area contributed by atoms with Crippen LogP contribution in [-0.4, -0.2) is 32.0 Å². The van der Waals surface area contributed by atoms with Gasteiger partial charge in [-0.15, -0.1) is 0 Å². The fourth-order valence-corrected chi connectivity index (χ4v) is 1.86. The second kappa shape index (κ2) is 10.3. The highest BCUT2D eigenvalue weighted by Crippen LogP contribution is 2.28. The maximum Gasteiger partial charge on any atom is 0.161 e. The van der Waals surface area contributed by atoms with Crippen LogP contribution in [0.1, 0.15) is 24.8 Å². The lowest BCUT2D eigenvalue weighted by molar-refractivity contribution is 0.283. The van der Waals surface area contributed by atoms with Crippen LogP contribution in [0, 0.1) is 0 Å². The van der Waals surface area contributed by atoms with Crippen LogP contribution in [0.5, 0.6) is 11.5 Å². The molecule has 0 aliphatic rings. The van der Waals surface area contributed by atoms with Crippen LogP contribution in [0.25, 0.3) is 0 Å². The van der Waals surface area contributed by atoms with Crippen molar-refractivity contribution in [2.24, 2.45) is 0 Å². The number of ether oxygens (including phenoxy) is 2. The number of rotatable bonds is 11. The topological polar surface area (TPSA) is 50.7 Å². The van der Waals surface area contributed by atoms with Gasteiger partial charge in [-0.05, 0) is 43.5 Å². The van der Waals surface area contributed by atoms with Gasteiger partial charge in [-0.2, -0.15) is 0 Å². The number of aliphatic hydroxyl groups excluding tert-OH is 1. The average Bonchev–Trinajstić information content (AvgIpc) is 2.49. The molecule has 0 radical (unpaired) electrons. The third-order valence-electron chi connectivity index (χ3n) is 2.93. The Labute approximate surface area is 121 Å². The van der Waals surface area contributed by atoms with Crippen LogP contribution >= 0.6 is 0 Å². The molecule has 0 saturated carbocycles. The van der Waals surface area contributed by atoms with Crippen molar-refractivity contribution >= 4 is 0 Å². The second-order valence-electron chi connectivity index (χ2n) is 4.55. The molecular formula is C16H25NO3. The van der Waals surface area contributed by atoms with Crippen LogP contribution in [0.4, 0.5) is 0 Å². The zero-order chi connectivity index (χ0) is 14.6. The van der Waals surface area contributed by atoms with Gasteiger partial charge in [0, 0.05) is 13.2 Å². The zero-order valence-electron chi connectivity index (χ0n) is 12.2. The van der Waals surface area contributed by atoms with E-state index in [1.807, 2.05) is 18.2 Å². The van der Waals surface area contributed by atoms with Crippen molar-refractivity contribution in [3.8, 4) is 11.5 Å². The molecule has 2 N–H and O–H groups in total. The summed E-state index contributed by atoms with van der Waals surface area (Å²) in [7, 11) is 1.64. The molecule has 4 nitrogen and oxygen atoms in total. The first kappa shape index (κ1) is 16.5. The largest absolute Gasteiger partial charge is 0.493 e. The van der Waals surface area contributed by atoms with Gasteiger partial charge in [0.1, 0.15) is 6.61 Å². The van der Waals surface area contributed by atoms with Gasteiger partial charge in [-0.25, -0.2) is 0 Å². The van der Waals surface area contributed by atoms with Gasteiger partial charge < -0.3 is 19.9 Å². The van der Waals surface area contributed by atoms with Crippen LogP contribution in [0.2, 0.25) is 0 Å². The lowest BCUT2D eigenvalue weighted by Crippen LogP contribution is -2.14. The average molecular weight is 279 g/mol. The van der Waals surface area contributed by atoms with Gasteiger partial charge in [0.15, 0.2) is 11.5 Å². The maximum absolute atomic E-state index is 8.69. The minimum absolute atomic E-state index is 0.281. The Morgan fingerprint density at radius 2 is 2.10 bits per heavy atom. The monoisotopic (exact) mass is 279 g/mol. The van der Waals surface area contributed by atoms with E-state index in [9.17, 15) is 0 Å². The Kier molecular flexibility index (Phi) is 8.51. The summed E-state index contributed by atoms with van der Waals surface area (Å²) in [6.07, 6.45) is 4.73. The van der Waals surface area contributed by atoms with Gasteiger partial charge >= 0.3 is 0 Å². The summed E-state index contributed by atoms with van der Waals surface area (Å²) in [6, 6.07) is 5.94. The predicted molar refractivity (Wildman–Crippen MR) is 81.3 cm³/mol. The molecule has 0 amide bonds. The standard InChI is InChI=1S/C16H25NO3/c1-3-11-20-15-8-7-14(12-16(15)19-2)13-17-9-5-4-6-10-18/h3,7-8,12,17-18H,1,4-6,9-11,13H2,2H3. The van der Waals surface area contributed by atoms with E-state index in [4.69, 9.17) is 14.6 Å². The summed E-state index contributed by atoms with van der Waals surface area (Å²) in [6.45, 7) is 6.14. The van der Waals surface area contributed by atoms with Crippen molar-refractivity contribution < 1.29 is 14.6 Å². The Bertz CT molecular complexity index is 393. The highest BCUT2D eigenvalue weighted by atomic mass is 16.5. The van der Waals surface area contributed by atoms with E-state index >= 15 is 0 Å². The lowest BCUT2D eigenvalue weighted by Gasteiger charge is -2.11. The third-order valence-corrected chi connectivity index (χ3v) is 2.93. The molecule has 0 atom stereocenters. The summed E-state index contributed by atoms with van der Waals surface area (Å²) < 4.78 is 10.8. The molecule has 112 valence electrons. The van der Waals surface area contributed by atoms with E-state index < -0.39 is 0 Å². The molecule has 0 aliphatic carbocycles. The Balaban J connectivity index is 2.40. The number of unbranched alkanes of at least 4 members (excludes halogenated alkanes) is 2. The molecule has 0 unspecified atom stereocenters. The highest BCUT2D eigenvalue weighted by Gasteiger charge is 2.05. The normalized spacial score (nSPS) is 10.3. The van der Waals surface area contributed by atoms with Crippen molar-refractivity contribution in [3.05, 3.63) is 36.4 Å². The number of nitrogens with one attached hydrogen (secondary N) is 1. The number of hydrogen-bond acceptors (Lipinski definition) is 4. The molecule has 0 aromatic heterocycles. The van der Waals surface area contributed by atoms with E-state index in [1.165, 1.54) is 0 Å². The summed E-state index contributed by atoms with van der Waals surface area (Å²) in [5.74, 6) is 1.48. The summed E-state index contributed by atoms with van der Waals surface area (Å²) in [5.41, 5.74) is 1.16. The molecule has 0 spiro atoms. The van der Waals surface area contributed by atoms with E-state index in [0.717, 1.165) is 49.4 Å². The second-order valence-corrected chi connectivity index (χ2v) is 4.55. The molecule has 0 bridgehead atoms. The molecule has 1 rings (SSSR count). The summed E-state index contributed by atoms with van der Waals surface area (Å²) >= 11 is 0. The molecule has 20 heavy (non-hydrogen) atoms. The number of methoxy groups -OCH3 is 1.